The lowest BCUT2D eigenvalue weighted by Gasteiger charge is -2.39. The van der Waals surface area contributed by atoms with E-state index in [9.17, 15) is 0 Å². The van der Waals surface area contributed by atoms with Crippen molar-refractivity contribution >= 4 is 17.1 Å². The van der Waals surface area contributed by atoms with Gasteiger partial charge in [-0.1, -0.05) is 60.7 Å². The molecule has 0 atom stereocenters. The molecule has 164 valence electrons. The van der Waals surface area contributed by atoms with Gasteiger partial charge in [0.05, 0.1) is 23.3 Å². The third kappa shape index (κ3) is 2.23. The first-order valence-electron chi connectivity index (χ1n) is 12.6. The molecule has 0 bridgehead atoms. The van der Waals surface area contributed by atoms with Gasteiger partial charge in [-0.15, -0.1) is 0 Å². The maximum atomic E-state index is 4.52. The van der Waals surface area contributed by atoms with Gasteiger partial charge in [0.2, 0.25) is 0 Å². The molecule has 0 saturated heterocycles. The molecule has 0 fully saturated rings. The summed E-state index contributed by atoms with van der Waals surface area (Å²) in [6.45, 7) is 0. The normalized spacial score (nSPS) is 14.9. The number of aromatic nitrogens is 1. The van der Waals surface area contributed by atoms with E-state index >= 15 is 0 Å². The van der Waals surface area contributed by atoms with Crippen molar-refractivity contribution in [1.29, 1.82) is 0 Å². The first-order chi connectivity index (χ1) is 17.3. The van der Waals surface area contributed by atoms with Gasteiger partial charge < -0.3 is 4.90 Å². The molecule has 2 aliphatic carbocycles. The van der Waals surface area contributed by atoms with Crippen LogP contribution in [-0.4, -0.2) is 4.98 Å². The van der Waals surface area contributed by atoms with E-state index in [2.05, 4.69) is 88.9 Å². The molecule has 2 heteroatoms. The molecule has 1 aromatic heterocycles. The summed E-state index contributed by atoms with van der Waals surface area (Å²) < 4.78 is 0. The molecule has 5 aromatic rings. The Labute approximate surface area is 204 Å². The number of pyridine rings is 1. The molecule has 0 amide bonds. The second kappa shape index (κ2) is 6.28. The fraction of sp³-hybridized carbons (Fsp3) is 0.121. The van der Waals surface area contributed by atoms with Gasteiger partial charge >= 0.3 is 0 Å². The van der Waals surface area contributed by atoms with E-state index in [4.69, 9.17) is 0 Å². The van der Waals surface area contributed by atoms with Gasteiger partial charge in [-0.3, -0.25) is 4.98 Å². The van der Waals surface area contributed by atoms with E-state index < -0.39 is 0 Å². The van der Waals surface area contributed by atoms with Crippen LogP contribution < -0.4 is 4.90 Å². The van der Waals surface area contributed by atoms with E-state index in [1.165, 1.54) is 72.7 Å². The quantitative estimate of drug-likeness (QED) is 0.240. The molecule has 2 aliphatic heterocycles. The van der Waals surface area contributed by atoms with Gasteiger partial charge in [-0.05, 0) is 91.7 Å². The van der Waals surface area contributed by atoms with E-state index in [0.717, 1.165) is 25.7 Å². The molecule has 9 rings (SSSR count). The Hall–Kier alpha value is -4.17. The molecule has 35 heavy (non-hydrogen) atoms. The van der Waals surface area contributed by atoms with Crippen molar-refractivity contribution in [3.63, 3.8) is 0 Å². The zero-order valence-corrected chi connectivity index (χ0v) is 19.3. The summed E-state index contributed by atoms with van der Waals surface area (Å²) in [5, 5.41) is 0. The topological polar surface area (TPSA) is 16.1 Å². The van der Waals surface area contributed by atoms with Gasteiger partial charge in [0.1, 0.15) is 0 Å². The van der Waals surface area contributed by atoms with E-state index in [-0.39, 0.29) is 0 Å². The number of hydrogen-bond acceptors (Lipinski definition) is 2. The van der Waals surface area contributed by atoms with Gasteiger partial charge in [0.25, 0.3) is 0 Å². The predicted octanol–water partition coefficient (Wildman–Crippen LogP) is 7.50. The zero-order valence-electron chi connectivity index (χ0n) is 19.3. The van der Waals surface area contributed by atoms with Crippen molar-refractivity contribution in [2.45, 2.75) is 25.7 Å². The summed E-state index contributed by atoms with van der Waals surface area (Å²) in [4.78, 5) is 7.02. The van der Waals surface area contributed by atoms with Crippen LogP contribution in [0.1, 0.15) is 44.5 Å². The summed E-state index contributed by atoms with van der Waals surface area (Å²) in [5.74, 6) is 0. The summed E-state index contributed by atoms with van der Waals surface area (Å²) >= 11 is 0. The minimum absolute atomic E-state index is 0.982. The van der Waals surface area contributed by atoms with Crippen LogP contribution in [0.5, 0.6) is 0 Å². The number of rotatable bonds is 0. The standard InChI is InChI=1S/C33H22N2/c1-2-7-23-19(4-1)15-27-24(23)8-9-25-26-10-11-31-30(29(26)17-28(25)27)16-22-6-3-5-21-14-20-12-13-34-18-32(20)35(31)33(21)22/h1-13,18H,14-17H2. The van der Waals surface area contributed by atoms with Crippen molar-refractivity contribution in [2.75, 3.05) is 4.90 Å². The minimum atomic E-state index is 0.982. The smallest absolute Gasteiger partial charge is 0.0680 e. The minimum Gasteiger partial charge on any atom is -0.308 e. The molecular formula is C33H22N2. The molecule has 4 aliphatic rings. The van der Waals surface area contributed by atoms with E-state index in [1.807, 2.05) is 6.20 Å². The SMILES string of the molecule is c1ccc2c(c1)Cc1c-2ccc2c1Cc1c-2ccc2c1Cc1cccc3c1N2c1cnccc1C3. The fourth-order valence-electron chi connectivity index (χ4n) is 7.20. The molecule has 0 spiro atoms. The van der Waals surface area contributed by atoms with Crippen molar-refractivity contribution in [1.82, 2.24) is 4.98 Å². The first-order valence-corrected chi connectivity index (χ1v) is 12.6. The number of nitrogens with zero attached hydrogens (tertiary/aromatic N) is 2. The van der Waals surface area contributed by atoms with Gasteiger partial charge in [0, 0.05) is 19.0 Å². The summed E-state index contributed by atoms with van der Waals surface area (Å²) in [6.07, 6.45) is 8.06. The molecule has 0 unspecified atom stereocenters. The van der Waals surface area contributed by atoms with Crippen molar-refractivity contribution in [3.8, 4) is 22.3 Å². The van der Waals surface area contributed by atoms with Crippen LogP contribution in [0.4, 0.5) is 17.1 Å². The number of anilines is 3. The average molecular weight is 447 g/mol. The third-order valence-corrected chi connectivity index (χ3v) is 8.70. The highest BCUT2D eigenvalue weighted by molar-refractivity contribution is 5.93. The Kier molecular flexibility index (Phi) is 3.27. The summed E-state index contributed by atoms with van der Waals surface area (Å²) in [7, 11) is 0. The predicted molar refractivity (Wildman–Crippen MR) is 141 cm³/mol. The van der Waals surface area contributed by atoms with Crippen LogP contribution in [0.3, 0.4) is 0 Å². The van der Waals surface area contributed by atoms with Crippen molar-refractivity contribution in [2.24, 2.45) is 0 Å². The van der Waals surface area contributed by atoms with Crippen molar-refractivity contribution < 1.29 is 0 Å². The maximum absolute atomic E-state index is 4.52. The summed E-state index contributed by atoms with van der Waals surface area (Å²) in [5.41, 5.74) is 21.5. The third-order valence-electron chi connectivity index (χ3n) is 8.70. The van der Waals surface area contributed by atoms with Gasteiger partial charge in [-0.25, -0.2) is 0 Å². The van der Waals surface area contributed by atoms with Crippen LogP contribution in [0, 0.1) is 0 Å². The second-order valence-electron chi connectivity index (χ2n) is 10.3. The fourth-order valence-corrected chi connectivity index (χ4v) is 7.20. The number of hydrogen-bond donors (Lipinski definition) is 0. The lowest BCUT2D eigenvalue weighted by Crippen LogP contribution is -2.25. The Morgan fingerprint density at radius 1 is 0.486 bits per heavy atom. The molecule has 0 saturated carbocycles. The molecule has 0 N–H and O–H groups in total. The Balaban J connectivity index is 1.25. The Bertz CT molecular complexity index is 1760. The lowest BCUT2D eigenvalue weighted by molar-refractivity contribution is 0.988. The van der Waals surface area contributed by atoms with Crippen LogP contribution in [0.25, 0.3) is 22.3 Å². The Morgan fingerprint density at radius 2 is 1.17 bits per heavy atom. The van der Waals surface area contributed by atoms with Crippen LogP contribution in [-0.2, 0) is 25.7 Å². The monoisotopic (exact) mass is 446 g/mol. The first kappa shape index (κ1) is 18.2. The largest absolute Gasteiger partial charge is 0.308 e. The Morgan fingerprint density at radius 3 is 2.09 bits per heavy atom. The maximum Gasteiger partial charge on any atom is 0.0680 e. The second-order valence-corrected chi connectivity index (χ2v) is 10.3. The van der Waals surface area contributed by atoms with Gasteiger partial charge in [-0.2, -0.15) is 0 Å². The van der Waals surface area contributed by atoms with Gasteiger partial charge in [0.15, 0.2) is 0 Å². The molecule has 4 aromatic carbocycles. The highest BCUT2D eigenvalue weighted by Crippen LogP contribution is 2.54. The average Bonchev–Trinajstić information content (AvgIpc) is 3.47. The van der Waals surface area contributed by atoms with Crippen LogP contribution in [0.15, 0.2) is 85.2 Å². The highest BCUT2D eigenvalue weighted by Gasteiger charge is 2.35. The molecule has 0 radical (unpaired) electrons. The lowest BCUT2D eigenvalue weighted by atomic mass is 9.84. The number of para-hydroxylation sites is 1. The van der Waals surface area contributed by atoms with Crippen molar-refractivity contribution in [3.05, 3.63) is 130 Å². The molecular weight excluding hydrogens is 424 g/mol. The van der Waals surface area contributed by atoms with E-state index in [0.29, 0.717) is 0 Å². The van der Waals surface area contributed by atoms with Crippen LogP contribution in [0.2, 0.25) is 0 Å². The van der Waals surface area contributed by atoms with E-state index in [1.54, 1.807) is 11.1 Å². The number of benzene rings is 4. The zero-order chi connectivity index (χ0) is 22.7. The number of fused-ring (bicyclic) bond motifs is 12. The highest BCUT2D eigenvalue weighted by atomic mass is 15.2. The molecule has 2 nitrogen and oxygen atoms in total. The van der Waals surface area contributed by atoms with Crippen LogP contribution >= 0.6 is 0 Å². The summed E-state index contributed by atoms with van der Waals surface area (Å²) in [6, 6.07) is 27.5. The molecule has 3 heterocycles.